The topological polar surface area (TPSA) is 79.3 Å². The Balaban J connectivity index is 1.82. The minimum absolute atomic E-state index is 0.0751. The first-order valence-corrected chi connectivity index (χ1v) is 9.40. The van der Waals surface area contributed by atoms with Crippen LogP contribution < -0.4 is 9.47 Å². The minimum atomic E-state index is -0.773. The van der Waals surface area contributed by atoms with Gasteiger partial charge in [-0.15, -0.1) is 6.42 Å². The average Bonchev–Trinajstić information content (AvgIpc) is 2.71. The maximum absolute atomic E-state index is 13.1. The van der Waals surface area contributed by atoms with Crippen molar-refractivity contribution in [1.29, 1.82) is 0 Å². The van der Waals surface area contributed by atoms with Crippen LogP contribution in [0.3, 0.4) is 0 Å². The van der Waals surface area contributed by atoms with E-state index >= 15 is 0 Å². The number of ether oxygens (including phenoxy) is 2. The van der Waals surface area contributed by atoms with E-state index in [1.165, 1.54) is 7.11 Å². The van der Waals surface area contributed by atoms with Gasteiger partial charge in [0.05, 0.1) is 12.5 Å². The molecule has 0 radical (unpaired) electrons. The van der Waals surface area contributed by atoms with Gasteiger partial charge in [-0.3, -0.25) is 9.59 Å². The summed E-state index contributed by atoms with van der Waals surface area (Å²) in [6, 6.07) is 4.80. The third-order valence-electron chi connectivity index (χ3n) is 5.96. The van der Waals surface area contributed by atoms with Gasteiger partial charge in [-0.1, -0.05) is 5.92 Å². The number of hydrogen-bond acceptors (Lipinski definition) is 5. The molecule has 0 unspecified atom stereocenters. The Morgan fingerprint density at radius 3 is 2.79 bits per heavy atom. The van der Waals surface area contributed by atoms with E-state index in [1.54, 1.807) is 23.1 Å². The van der Waals surface area contributed by atoms with Gasteiger partial charge in [0.25, 0.3) is 5.91 Å². The van der Waals surface area contributed by atoms with Crippen molar-refractivity contribution < 1.29 is 24.2 Å². The zero-order valence-electron chi connectivity index (χ0n) is 16.3. The predicted molar refractivity (Wildman–Crippen MR) is 104 cm³/mol. The molecule has 0 aliphatic carbocycles. The molecule has 1 amide bonds. The van der Waals surface area contributed by atoms with Gasteiger partial charge in [0.15, 0.2) is 11.5 Å². The van der Waals surface area contributed by atoms with Gasteiger partial charge in [-0.2, -0.15) is 0 Å². The monoisotopic (exact) mass is 386 g/mol. The number of amides is 1. The van der Waals surface area contributed by atoms with Gasteiger partial charge in [0.1, 0.15) is 6.61 Å². The Kier molecular flexibility index (Phi) is 5.80. The first-order valence-electron chi connectivity index (χ1n) is 9.40. The van der Waals surface area contributed by atoms with Gasteiger partial charge in [0.2, 0.25) is 0 Å². The van der Waals surface area contributed by atoms with Crippen molar-refractivity contribution in [1.82, 2.24) is 9.80 Å². The second-order valence-electron chi connectivity index (χ2n) is 7.42. The van der Waals surface area contributed by atoms with Crippen LogP contribution in [0.4, 0.5) is 0 Å². The molecule has 7 nitrogen and oxygen atoms in total. The number of likely N-dealkylation sites (tertiary alicyclic amines) is 2. The van der Waals surface area contributed by atoms with Crippen molar-refractivity contribution in [2.24, 2.45) is 5.41 Å². The summed E-state index contributed by atoms with van der Waals surface area (Å²) in [5, 5.41) is 9.88. The zero-order valence-corrected chi connectivity index (χ0v) is 16.3. The van der Waals surface area contributed by atoms with Gasteiger partial charge in [-0.05, 0) is 51.1 Å². The molecule has 1 N–H and O–H groups in total. The summed E-state index contributed by atoms with van der Waals surface area (Å²) in [4.78, 5) is 29.0. The molecule has 1 aromatic rings. The van der Waals surface area contributed by atoms with Crippen LogP contribution in [-0.2, 0) is 4.79 Å². The molecule has 28 heavy (non-hydrogen) atoms. The molecule has 0 saturated carbocycles. The zero-order chi connectivity index (χ0) is 20.3. The number of terminal acetylenes is 1. The highest BCUT2D eigenvalue weighted by atomic mass is 16.5. The van der Waals surface area contributed by atoms with Crippen LogP contribution in [-0.4, -0.2) is 73.2 Å². The van der Waals surface area contributed by atoms with Crippen molar-refractivity contribution in [2.45, 2.75) is 25.3 Å². The van der Waals surface area contributed by atoms with E-state index in [0.717, 1.165) is 13.0 Å². The molecule has 7 heteroatoms. The standard InChI is InChI=1S/C21H26N2O5/c1-4-12-28-17-13-15(6-7-16(17)27-3)19(24)23-11-9-21(20(25)26)8-5-10-22(2)18(21)14-23/h1,6-7,13,18H,5,8-12,14H2,2-3H3,(H,25,26)/t18-,21-/m0/s1. The number of nitrogens with zero attached hydrogens (tertiary/aromatic N) is 2. The van der Waals surface area contributed by atoms with E-state index in [0.29, 0.717) is 43.0 Å². The number of carbonyl (C=O) groups is 2. The Morgan fingerprint density at radius 1 is 1.32 bits per heavy atom. The second-order valence-corrected chi connectivity index (χ2v) is 7.42. The highest BCUT2D eigenvalue weighted by Gasteiger charge is 2.52. The van der Waals surface area contributed by atoms with E-state index < -0.39 is 11.4 Å². The van der Waals surface area contributed by atoms with Crippen LogP contribution in [0.5, 0.6) is 11.5 Å². The molecular formula is C21H26N2O5. The normalized spacial score (nSPS) is 24.8. The first-order chi connectivity index (χ1) is 13.4. The maximum atomic E-state index is 13.1. The summed E-state index contributed by atoms with van der Waals surface area (Å²) < 4.78 is 10.7. The lowest BCUT2D eigenvalue weighted by Crippen LogP contribution is -2.63. The summed E-state index contributed by atoms with van der Waals surface area (Å²) in [6.45, 7) is 1.73. The largest absolute Gasteiger partial charge is 0.493 e. The quantitative estimate of drug-likeness (QED) is 0.777. The van der Waals surface area contributed by atoms with Crippen molar-refractivity contribution >= 4 is 11.9 Å². The van der Waals surface area contributed by atoms with Crippen LogP contribution in [0.1, 0.15) is 29.6 Å². The van der Waals surface area contributed by atoms with Crippen LogP contribution in [0.25, 0.3) is 0 Å². The number of carboxylic acids is 1. The van der Waals surface area contributed by atoms with E-state index in [1.807, 2.05) is 7.05 Å². The SMILES string of the molecule is C#CCOc1cc(C(=O)N2CC[C@@]3(C(=O)O)CCCN(C)[C@H]3C2)ccc1OC. The molecule has 150 valence electrons. The van der Waals surface area contributed by atoms with Gasteiger partial charge in [-0.25, -0.2) is 0 Å². The molecule has 0 aromatic heterocycles. The van der Waals surface area contributed by atoms with Crippen molar-refractivity contribution in [3.63, 3.8) is 0 Å². The smallest absolute Gasteiger partial charge is 0.311 e. The third-order valence-corrected chi connectivity index (χ3v) is 5.96. The Labute approximate surface area is 165 Å². The molecule has 2 atom stereocenters. The fraction of sp³-hybridized carbons (Fsp3) is 0.524. The molecule has 1 aromatic carbocycles. The number of rotatable bonds is 5. The number of piperidine rings is 2. The number of methoxy groups -OCH3 is 1. The van der Waals surface area contributed by atoms with Gasteiger partial charge < -0.3 is 24.4 Å². The summed E-state index contributed by atoms with van der Waals surface area (Å²) in [5.41, 5.74) is -0.306. The molecular weight excluding hydrogens is 360 g/mol. The van der Waals surface area contributed by atoms with Crippen LogP contribution in [0.2, 0.25) is 0 Å². The Morgan fingerprint density at radius 2 is 2.11 bits per heavy atom. The molecule has 0 bridgehead atoms. The maximum Gasteiger partial charge on any atom is 0.311 e. The van der Waals surface area contributed by atoms with Crippen molar-refractivity contribution in [3.8, 4) is 23.8 Å². The number of carbonyl (C=O) groups excluding carboxylic acids is 1. The molecule has 2 aliphatic heterocycles. The number of likely N-dealkylation sites (N-methyl/N-ethyl adjacent to an activating group) is 1. The molecule has 0 spiro atoms. The lowest BCUT2D eigenvalue weighted by atomic mass is 9.68. The fourth-order valence-corrected chi connectivity index (χ4v) is 4.39. The van der Waals surface area contributed by atoms with Crippen LogP contribution in [0.15, 0.2) is 18.2 Å². The van der Waals surface area contributed by atoms with Crippen LogP contribution >= 0.6 is 0 Å². The second kappa shape index (κ2) is 8.11. The highest BCUT2D eigenvalue weighted by Crippen LogP contribution is 2.42. The average molecular weight is 386 g/mol. The molecule has 2 aliphatic rings. The highest BCUT2D eigenvalue weighted by molar-refractivity contribution is 5.95. The molecule has 2 saturated heterocycles. The molecule has 3 rings (SSSR count). The first kappa shape index (κ1) is 20.0. The molecule has 2 fully saturated rings. The van der Waals surface area contributed by atoms with E-state index in [-0.39, 0.29) is 18.6 Å². The summed E-state index contributed by atoms with van der Waals surface area (Å²) >= 11 is 0. The number of hydrogen-bond donors (Lipinski definition) is 1. The Bertz CT molecular complexity index is 802. The number of aliphatic carboxylic acids is 1. The van der Waals surface area contributed by atoms with Crippen molar-refractivity contribution in [2.75, 3.05) is 40.4 Å². The Hall–Kier alpha value is -2.72. The third kappa shape index (κ3) is 3.52. The van der Waals surface area contributed by atoms with E-state index in [2.05, 4.69) is 10.8 Å². The van der Waals surface area contributed by atoms with Gasteiger partial charge in [0, 0.05) is 24.7 Å². The lowest BCUT2D eigenvalue weighted by molar-refractivity contribution is -0.161. The number of fused-ring (bicyclic) bond motifs is 1. The molecule has 2 heterocycles. The minimum Gasteiger partial charge on any atom is -0.493 e. The van der Waals surface area contributed by atoms with E-state index in [9.17, 15) is 14.7 Å². The predicted octanol–water partition coefficient (Wildman–Crippen LogP) is 1.72. The summed E-state index contributed by atoms with van der Waals surface area (Å²) in [6.07, 6.45) is 7.23. The van der Waals surface area contributed by atoms with E-state index in [4.69, 9.17) is 15.9 Å². The fourth-order valence-electron chi connectivity index (χ4n) is 4.39. The van der Waals surface area contributed by atoms with Gasteiger partial charge >= 0.3 is 5.97 Å². The van der Waals surface area contributed by atoms with Crippen molar-refractivity contribution in [3.05, 3.63) is 23.8 Å². The number of benzene rings is 1. The summed E-state index contributed by atoms with van der Waals surface area (Å²) in [7, 11) is 3.46. The van der Waals surface area contributed by atoms with Crippen LogP contribution in [0, 0.1) is 17.8 Å². The lowest BCUT2D eigenvalue weighted by Gasteiger charge is -2.51. The number of carboxylic acid groups (broad SMARTS) is 1. The summed E-state index contributed by atoms with van der Waals surface area (Å²) in [5.74, 6) is 2.41.